The van der Waals surface area contributed by atoms with Crippen molar-refractivity contribution in [3.8, 4) is 11.5 Å². The molecule has 3 nitrogen and oxygen atoms in total. The maximum atomic E-state index is 11.7. The maximum absolute atomic E-state index is 11.7. The fourth-order valence-corrected chi connectivity index (χ4v) is 2.82. The summed E-state index contributed by atoms with van der Waals surface area (Å²) < 4.78 is 11.6. The third kappa shape index (κ3) is 4.85. The number of carbonyl (C=O) groups is 1. The second-order valence-corrected chi connectivity index (χ2v) is 6.01. The van der Waals surface area contributed by atoms with Gasteiger partial charge in [0, 0.05) is 12.0 Å². The molecule has 0 aliphatic rings. The minimum absolute atomic E-state index is 0.226. The van der Waals surface area contributed by atoms with E-state index in [1.165, 1.54) is 11.1 Å². The standard InChI is InChI=1S/C22H28O3/c1-5-16-12-13-20(18(7-3)14-16)24-15-19-17(6-2)10-9-11-21(19)25-22(23)8-4/h9-14H,5-8,15H2,1-4H3. The summed E-state index contributed by atoms with van der Waals surface area (Å²) in [6.07, 6.45) is 3.17. The van der Waals surface area contributed by atoms with Gasteiger partial charge < -0.3 is 9.47 Å². The average Bonchev–Trinajstić information content (AvgIpc) is 2.66. The molecule has 0 spiro atoms. The number of carbonyl (C=O) groups excluding carboxylic acids is 1. The Morgan fingerprint density at radius 1 is 0.880 bits per heavy atom. The molecule has 3 heteroatoms. The normalized spacial score (nSPS) is 10.6. The van der Waals surface area contributed by atoms with E-state index >= 15 is 0 Å². The summed E-state index contributed by atoms with van der Waals surface area (Å²) >= 11 is 0. The highest BCUT2D eigenvalue weighted by Crippen LogP contribution is 2.27. The maximum Gasteiger partial charge on any atom is 0.310 e. The fraction of sp³-hybridized carbons (Fsp3) is 0.409. The molecule has 0 unspecified atom stereocenters. The average molecular weight is 340 g/mol. The Balaban J connectivity index is 2.26. The first-order valence-electron chi connectivity index (χ1n) is 9.18. The summed E-state index contributed by atoms with van der Waals surface area (Å²) in [6.45, 7) is 8.58. The molecule has 0 saturated heterocycles. The Kier molecular flexibility index (Phi) is 7.05. The lowest BCUT2D eigenvalue weighted by atomic mass is 10.0. The van der Waals surface area contributed by atoms with E-state index < -0.39 is 0 Å². The van der Waals surface area contributed by atoms with Gasteiger partial charge in [0.25, 0.3) is 0 Å². The number of aryl methyl sites for hydroxylation is 3. The second kappa shape index (κ2) is 9.26. The molecule has 2 aromatic rings. The SMILES string of the molecule is CCC(=O)Oc1cccc(CC)c1COc1ccc(CC)cc1CC. The van der Waals surface area contributed by atoms with Gasteiger partial charge >= 0.3 is 5.97 Å². The lowest BCUT2D eigenvalue weighted by Crippen LogP contribution is -2.10. The highest BCUT2D eigenvalue weighted by molar-refractivity contribution is 5.72. The fourth-order valence-electron chi connectivity index (χ4n) is 2.82. The van der Waals surface area contributed by atoms with Crippen LogP contribution in [-0.4, -0.2) is 5.97 Å². The van der Waals surface area contributed by atoms with E-state index in [4.69, 9.17) is 9.47 Å². The highest BCUT2D eigenvalue weighted by Gasteiger charge is 2.13. The van der Waals surface area contributed by atoms with Crippen molar-refractivity contribution in [2.45, 2.75) is 60.0 Å². The van der Waals surface area contributed by atoms with Gasteiger partial charge in [-0.15, -0.1) is 0 Å². The van der Waals surface area contributed by atoms with Gasteiger partial charge in [-0.05, 0) is 48.1 Å². The molecule has 0 heterocycles. The van der Waals surface area contributed by atoms with Crippen LogP contribution in [0.15, 0.2) is 36.4 Å². The van der Waals surface area contributed by atoms with Crippen LogP contribution in [0.25, 0.3) is 0 Å². The van der Waals surface area contributed by atoms with Gasteiger partial charge in [0.2, 0.25) is 0 Å². The summed E-state index contributed by atoms with van der Waals surface area (Å²) in [7, 11) is 0. The Morgan fingerprint density at radius 2 is 1.64 bits per heavy atom. The molecule has 0 N–H and O–H groups in total. The number of hydrogen-bond donors (Lipinski definition) is 0. The highest BCUT2D eigenvalue weighted by atomic mass is 16.5. The van der Waals surface area contributed by atoms with Crippen molar-refractivity contribution >= 4 is 5.97 Å². The zero-order valence-corrected chi connectivity index (χ0v) is 15.7. The lowest BCUT2D eigenvalue weighted by Gasteiger charge is -2.16. The number of esters is 1. The number of rotatable bonds is 8. The quantitative estimate of drug-likeness (QED) is 0.485. The van der Waals surface area contributed by atoms with E-state index in [2.05, 4.69) is 39.0 Å². The summed E-state index contributed by atoms with van der Waals surface area (Å²) in [4.78, 5) is 11.7. The summed E-state index contributed by atoms with van der Waals surface area (Å²) in [6, 6.07) is 12.2. The monoisotopic (exact) mass is 340 g/mol. The topological polar surface area (TPSA) is 35.5 Å². The van der Waals surface area contributed by atoms with Crippen molar-refractivity contribution in [2.75, 3.05) is 0 Å². The molecule has 0 amide bonds. The number of ether oxygens (including phenoxy) is 2. The van der Waals surface area contributed by atoms with E-state index in [1.54, 1.807) is 6.92 Å². The Labute approximate surface area is 151 Å². The van der Waals surface area contributed by atoms with Gasteiger partial charge in [-0.3, -0.25) is 4.79 Å². The van der Waals surface area contributed by atoms with Crippen LogP contribution in [0.5, 0.6) is 11.5 Å². The van der Waals surface area contributed by atoms with Crippen LogP contribution in [0.4, 0.5) is 0 Å². The Bertz CT molecular complexity index is 719. The predicted octanol–water partition coefficient (Wildman–Crippen LogP) is 5.27. The van der Waals surface area contributed by atoms with Crippen molar-refractivity contribution in [1.29, 1.82) is 0 Å². The molecule has 2 aromatic carbocycles. The van der Waals surface area contributed by atoms with Gasteiger partial charge in [-0.1, -0.05) is 52.0 Å². The molecule has 0 saturated carbocycles. The van der Waals surface area contributed by atoms with Crippen LogP contribution in [0.1, 0.15) is 56.4 Å². The zero-order chi connectivity index (χ0) is 18.2. The zero-order valence-electron chi connectivity index (χ0n) is 15.7. The summed E-state index contributed by atoms with van der Waals surface area (Å²) in [5, 5.41) is 0. The molecular weight excluding hydrogens is 312 g/mol. The third-order valence-corrected chi connectivity index (χ3v) is 4.41. The van der Waals surface area contributed by atoms with Crippen LogP contribution in [-0.2, 0) is 30.7 Å². The molecule has 134 valence electrons. The minimum atomic E-state index is -0.226. The van der Waals surface area contributed by atoms with Crippen molar-refractivity contribution in [3.05, 3.63) is 58.7 Å². The molecule has 0 aliphatic carbocycles. The van der Waals surface area contributed by atoms with E-state index in [-0.39, 0.29) is 5.97 Å². The van der Waals surface area contributed by atoms with Crippen LogP contribution < -0.4 is 9.47 Å². The van der Waals surface area contributed by atoms with E-state index in [0.29, 0.717) is 18.8 Å². The summed E-state index contributed by atoms with van der Waals surface area (Å²) in [5.74, 6) is 1.28. The third-order valence-electron chi connectivity index (χ3n) is 4.41. The van der Waals surface area contributed by atoms with Gasteiger partial charge in [-0.25, -0.2) is 0 Å². The van der Waals surface area contributed by atoms with Crippen LogP contribution >= 0.6 is 0 Å². The largest absolute Gasteiger partial charge is 0.488 e. The first-order valence-corrected chi connectivity index (χ1v) is 9.18. The molecule has 0 aromatic heterocycles. The first kappa shape index (κ1) is 19.0. The van der Waals surface area contributed by atoms with Crippen molar-refractivity contribution in [2.24, 2.45) is 0 Å². The van der Waals surface area contributed by atoms with E-state index in [1.807, 2.05) is 18.2 Å². The lowest BCUT2D eigenvalue weighted by molar-refractivity contribution is -0.134. The number of hydrogen-bond acceptors (Lipinski definition) is 3. The molecule has 2 rings (SSSR count). The van der Waals surface area contributed by atoms with E-state index in [9.17, 15) is 4.79 Å². The van der Waals surface area contributed by atoms with Gasteiger partial charge in [-0.2, -0.15) is 0 Å². The van der Waals surface area contributed by atoms with Gasteiger partial charge in [0.15, 0.2) is 0 Å². The molecular formula is C22H28O3. The van der Waals surface area contributed by atoms with Crippen molar-refractivity contribution in [1.82, 2.24) is 0 Å². The Hall–Kier alpha value is -2.29. The van der Waals surface area contributed by atoms with Gasteiger partial charge in [0.05, 0.1) is 0 Å². The van der Waals surface area contributed by atoms with Crippen LogP contribution in [0, 0.1) is 0 Å². The van der Waals surface area contributed by atoms with Crippen LogP contribution in [0.2, 0.25) is 0 Å². The van der Waals surface area contributed by atoms with E-state index in [0.717, 1.165) is 36.1 Å². The van der Waals surface area contributed by atoms with Crippen molar-refractivity contribution < 1.29 is 14.3 Å². The number of benzene rings is 2. The molecule has 0 aliphatic heterocycles. The molecule has 0 bridgehead atoms. The molecule has 0 atom stereocenters. The molecule has 0 radical (unpaired) electrons. The predicted molar refractivity (Wildman–Crippen MR) is 101 cm³/mol. The summed E-state index contributed by atoms with van der Waals surface area (Å²) in [5.41, 5.74) is 4.62. The minimum Gasteiger partial charge on any atom is -0.488 e. The molecule has 0 fully saturated rings. The Morgan fingerprint density at radius 3 is 2.28 bits per heavy atom. The van der Waals surface area contributed by atoms with Crippen molar-refractivity contribution in [3.63, 3.8) is 0 Å². The smallest absolute Gasteiger partial charge is 0.310 e. The van der Waals surface area contributed by atoms with Gasteiger partial charge in [0.1, 0.15) is 18.1 Å². The molecule has 25 heavy (non-hydrogen) atoms. The van der Waals surface area contributed by atoms with Crippen LogP contribution in [0.3, 0.4) is 0 Å². The second-order valence-electron chi connectivity index (χ2n) is 6.01. The first-order chi connectivity index (χ1) is 12.1.